The average molecular weight is 248 g/mol. The molecule has 5 nitrogen and oxygen atoms in total. The molecule has 1 fully saturated rings. The van der Waals surface area contributed by atoms with E-state index in [1.807, 2.05) is 0 Å². The number of ether oxygens (including phenoxy) is 1. The Morgan fingerprint density at radius 1 is 1.22 bits per heavy atom. The lowest BCUT2D eigenvalue weighted by molar-refractivity contribution is -0.140. The average Bonchev–Trinajstić information content (AvgIpc) is 2.57. The Labute approximate surface area is 106 Å². The van der Waals surface area contributed by atoms with E-state index in [1.54, 1.807) is 39.3 Å². The molecule has 1 aliphatic rings. The van der Waals surface area contributed by atoms with E-state index in [1.165, 1.54) is 4.90 Å². The molecule has 0 saturated carbocycles. The van der Waals surface area contributed by atoms with Crippen molar-refractivity contribution in [3.05, 3.63) is 23.9 Å². The van der Waals surface area contributed by atoms with Gasteiger partial charge in [0.15, 0.2) is 0 Å². The Bertz CT molecular complexity index is 450. The first-order valence-corrected chi connectivity index (χ1v) is 5.88. The van der Waals surface area contributed by atoms with E-state index < -0.39 is 0 Å². The monoisotopic (exact) mass is 248 g/mol. The number of hydrogen-bond acceptors (Lipinski definition) is 4. The minimum atomic E-state index is -0.233. The van der Waals surface area contributed by atoms with Gasteiger partial charge in [0.25, 0.3) is 0 Å². The number of rotatable bonds is 3. The minimum absolute atomic E-state index is 0.108. The molecule has 1 aliphatic heterocycles. The number of nitrogens with zero attached hydrogens (tertiary/aromatic N) is 2. The van der Waals surface area contributed by atoms with Crippen LogP contribution in [0.25, 0.3) is 0 Å². The fourth-order valence-electron chi connectivity index (χ4n) is 1.99. The van der Waals surface area contributed by atoms with Gasteiger partial charge in [0.05, 0.1) is 13.7 Å². The van der Waals surface area contributed by atoms with Gasteiger partial charge in [0.1, 0.15) is 0 Å². The number of aromatic nitrogens is 1. The van der Waals surface area contributed by atoms with Gasteiger partial charge in [-0.1, -0.05) is 19.9 Å². The Kier molecular flexibility index (Phi) is 3.32. The second-order valence-corrected chi connectivity index (χ2v) is 4.55. The molecule has 1 saturated heterocycles. The molecule has 5 heteroatoms. The van der Waals surface area contributed by atoms with Crippen molar-refractivity contribution in [2.24, 2.45) is 11.8 Å². The third kappa shape index (κ3) is 2.08. The van der Waals surface area contributed by atoms with Crippen molar-refractivity contribution in [1.29, 1.82) is 0 Å². The maximum Gasteiger partial charge on any atom is 0.233 e. The van der Waals surface area contributed by atoms with E-state index in [9.17, 15) is 9.59 Å². The van der Waals surface area contributed by atoms with Crippen molar-refractivity contribution in [3.8, 4) is 5.88 Å². The molecule has 2 atom stereocenters. The number of pyridine rings is 1. The zero-order chi connectivity index (χ0) is 13.3. The van der Waals surface area contributed by atoms with Crippen molar-refractivity contribution < 1.29 is 14.3 Å². The van der Waals surface area contributed by atoms with Crippen LogP contribution in [0.2, 0.25) is 0 Å². The topological polar surface area (TPSA) is 59.5 Å². The summed E-state index contributed by atoms with van der Waals surface area (Å²) in [5, 5.41) is 0. The molecule has 2 heterocycles. The second kappa shape index (κ2) is 4.76. The van der Waals surface area contributed by atoms with Crippen LogP contribution in [-0.2, 0) is 16.1 Å². The van der Waals surface area contributed by atoms with Crippen LogP contribution < -0.4 is 4.74 Å². The second-order valence-electron chi connectivity index (χ2n) is 4.55. The van der Waals surface area contributed by atoms with Crippen LogP contribution in [0.5, 0.6) is 5.88 Å². The molecule has 1 aromatic rings. The molecule has 2 amide bonds. The lowest BCUT2D eigenvalue weighted by atomic mass is 10.00. The quantitative estimate of drug-likeness (QED) is 0.755. The van der Waals surface area contributed by atoms with E-state index in [0.29, 0.717) is 5.88 Å². The standard InChI is InChI=1S/C13H16N2O3/c1-8-9(2)13(17)15(12(8)16)7-10-4-5-11(18-3)14-6-10/h4-6,8-9H,7H2,1-3H3. The number of methoxy groups -OCH3 is 1. The SMILES string of the molecule is COc1ccc(CN2C(=O)C(C)C(C)C2=O)cn1. The van der Waals surface area contributed by atoms with Crippen molar-refractivity contribution in [2.75, 3.05) is 7.11 Å². The Morgan fingerprint density at radius 2 is 1.83 bits per heavy atom. The van der Waals surface area contributed by atoms with E-state index >= 15 is 0 Å². The maximum absolute atomic E-state index is 11.9. The molecule has 0 N–H and O–H groups in total. The number of amides is 2. The summed E-state index contributed by atoms with van der Waals surface area (Å²) in [5.74, 6) is -0.168. The van der Waals surface area contributed by atoms with Crippen molar-refractivity contribution in [1.82, 2.24) is 9.88 Å². The summed E-state index contributed by atoms with van der Waals surface area (Å²) in [6, 6.07) is 3.52. The third-order valence-electron chi connectivity index (χ3n) is 3.41. The van der Waals surface area contributed by atoms with Crippen LogP contribution in [0.15, 0.2) is 18.3 Å². The van der Waals surface area contributed by atoms with E-state index in [2.05, 4.69) is 4.98 Å². The van der Waals surface area contributed by atoms with Crippen LogP contribution in [0, 0.1) is 11.8 Å². The molecule has 0 aliphatic carbocycles. The Hall–Kier alpha value is -1.91. The maximum atomic E-state index is 11.9. The van der Waals surface area contributed by atoms with Crippen LogP contribution in [0.4, 0.5) is 0 Å². The van der Waals surface area contributed by atoms with Crippen LogP contribution in [0.1, 0.15) is 19.4 Å². The van der Waals surface area contributed by atoms with Crippen molar-refractivity contribution >= 4 is 11.8 Å². The summed E-state index contributed by atoms with van der Waals surface area (Å²) in [6.07, 6.45) is 1.62. The van der Waals surface area contributed by atoms with Crippen molar-refractivity contribution in [3.63, 3.8) is 0 Å². The van der Waals surface area contributed by atoms with E-state index in [-0.39, 0.29) is 30.2 Å². The molecule has 0 bridgehead atoms. The van der Waals surface area contributed by atoms with Gasteiger partial charge < -0.3 is 4.74 Å². The number of carbonyl (C=O) groups is 2. The fourth-order valence-corrected chi connectivity index (χ4v) is 1.99. The molecule has 0 radical (unpaired) electrons. The van der Waals surface area contributed by atoms with Gasteiger partial charge in [-0.2, -0.15) is 0 Å². The van der Waals surface area contributed by atoms with Gasteiger partial charge in [-0.05, 0) is 5.56 Å². The number of likely N-dealkylation sites (tertiary alicyclic amines) is 1. The molecule has 18 heavy (non-hydrogen) atoms. The van der Waals surface area contributed by atoms with E-state index in [4.69, 9.17) is 4.74 Å². The van der Waals surface area contributed by atoms with Crippen molar-refractivity contribution in [2.45, 2.75) is 20.4 Å². The minimum Gasteiger partial charge on any atom is -0.481 e. The highest BCUT2D eigenvalue weighted by molar-refractivity contribution is 6.04. The summed E-state index contributed by atoms with van der Waals surface area (Å²) in [6.45, 7) is 3.86. The molecule has 0 spiro atoms. The van der Waals surface area contributed by atoms with Gasteiger partial charge >= 0.3 is 0 Å². The first-order valence-electron chi connectivity index (χ1n) is 5.88. The lowest BCUT2D eigenvalue weighted by Gasteiger charge is -2.14. The predicted molar refractivity (Wildman–Crippen MR) is 64.7 cm³/mol. The normalized spacial score (nSPS) is 23.6. The summed E-state index contributed by atoms with van der Waals surface area (Å²) < 4.78 is 4.96. The number of carbonyl (C=O) groups excluding carboxylic acids is 2. The Morgan fingerprint density at radius 3 is 2.28 bits per heavy atom. The molecule has 0 aromatic carbocycles. The molecule has 2 rings (SSSR count). The zero-order valence-electron chi connectivity index (χ0n) is 10.7. The van der Waals surface area contributed by atoms with Crippen LogP contribution in [0.3, 0.4) is 0 Å². The molecular weight excluding hydrogens is 232 g/mol. The molecule has 96 valence electrons. The van der Waals surface area contributed by atoms with Gasteiger partial charge in [-0.15, -0.1) is 0 Å². The fraction of sp³-hybridized carbons (Fsp3) is 0.462. The molecular formula is C13H16N2O3. The van der Waals surface area contributed by atoms with Gasteiger partial charge in [-0.25, -0.2) is 4.98 Å². The van der Waals surface area contributed by atoms with E-state index in [0.717, 1.165) is 5.56 Å². The predicted octanol–water partition coefficient (Wildman–Crippen LogP) is 1.23. The van der Waals surface area contributed by atoms with Gasteiger partial charge in [0.2, 0.25) is 17.7 Å². The van der Waals surface area contributed by atoms with Crippen LogP contribution >= 0.6 is 0 Å². The first kappa shape index (κ1) is 12.5. The van der Waals surface area contributed by atoms with Gasteiger partial charge in [0, 0.05) is 24.1 Å². The third-order valence-corrected chi connectivity index (χ3v) is 3.41. The first-order chi connectivity index (χ1) is 8.54. The Balaban J connectivity index is 2.13. The molecule has 2 unspecified atom stereocenters. The number of imide groups is 1. The summed E-state index contributed by atoms with van der Waals surface area (Å²) in [7, 11) is 1.54. The zero-order valence-corrected chi connectivity index (χ0v) is 10.7. The largest absolute Gasteiger partial charge is 0.481 e. The van der Waals surface area contributed by atoms with Crippen LogP contribution in [-0.4, -0.2) is 28.8 Å². The highest BCUT2D eigenvalue weighted by Gasteiger charge is 2.41. The summed E-state index contributed by atoms with van der Waals surface area (Å²) in [5.41, 5.74) is 0.818. The highest BCUT2D eigenvalue weighted by Crippen LogP contribution is 2.26. The summed E-state index contributed by atoms with van der Waals surface area (Å²) >= 11 is 0. The smallest absolute Gasteiger partial charge is 0.233 e. The molecule has 1 aromatic heterocycles. The summed E-state index contributed by atoms with van der Waals surface area (Å²) in [4.78, 5) is 29.2. The number of hydrogen-bond donors (Lipinski definition) is 0. The van der Waals surface area contributed by atoms with Gasteiger partial charge in [-0.3, -0.25) is 14.5 Å². The highest BCUT2D eigenvalue weighted by atomic mass is 16.5. The lowest BCUT2D eigenvalue weighted by Crippen LogP contribution is -2.30.